The van der Waals surface area contributed by atoms with Gasteiger partial charge in [0.15, 0.2) is 0 Å². The second-order valence-electron chi connectivity index (χ2n) is 7.13. The van der Waals surface area contributed by atoms with Crippen molar-refractivity contribution in [1.82, 2.24) is 10.2 Å². The van der Waals surface area contributed by atoms with Crippen molar-refractivity contribution in [2.24, 2.45) is 0 Å². The number of hydrogen-bond acceptors (Lipinski definition) is 4. The summed E-state index contributed by atoms with van der Waals surface area (Å²) in [6.07, 6.45) is -5.14. The molecule has 2 aliphatic rings. The van der Waals surface area contributed by atoms with Gasteiger partial charge in [-0.15, -0.1) is 0 Å². The normalized spacial score (nSPS) is 22.9. The Bertz CT molecular complexity index is 878. The van der Waals surface area contributed by atoms with E-state index >= 15 is 0 Å². The maximum atomic E-state index is 13.2. The fraction of sp³-hybridized carbons (Fsp3) is 0.471. The summed E-state index contributed by atoms with van der Waals surface area (Å²) in [5.41, 5.74) is -2.14. The second-order valence-corrected chi connectivity index (χ2v) is 8.39. The lowest BCUT2D eigenvalue weighted by Gasteiger charge is -2.24. The van der Waals surface area contributed by atoms with Crippen LogP contribution >= 0.6 is 24.2 Å². The summed E-state index contributed by atoms with van der Waals surface area (Å²) < 4.78 is 50.7. The zero-order chi connectivity index (χ0) is 21.6. The van der Waals surface area contributed by atoms with Gasteiger partial charge in [0.05, 0.1) is 5.02 Å². The van der Waals surface area contributed by atoms with Crippen molar-refractivity contribution < 1.29 is 31.9 Å². The summed E-state index contributed by atoms with van der Waals surface area (Å²) in [6.45, 7) is -0.311. The lowest BCUT2D eigenvalue weighted by atomic mass is 10.1. The van der Waals surface area contributed by atoms with E-state index in [1.807, 2.05) is 0 Å². The number of hydrogen-bond donors (Lipinski definition) is 3. The number of thiol groups is 1. The highest BCUT2D eigenvalue weighted by molar-refractivity contribution is 7.82. The molecule has 2 fully saturated rings. The number of anilines is 1. The minimum absolute atomic E-state index is 0.0354. The van der Waals surface area contributed by atoms with Crippen molar-refractivity contribution >= 4 is 47.6 Å². The fourth-order valence-corrected chi connectivity index (χ4v) is 3.50. The van der Waals surface area contributed by atoms with E-state index in [-0.39, 0.29) is 43.1 Å². The molecule has 1 unspecified atom stereocenters. The number of benzene rings is 1. The van der Waals surface area contributed by atoms with Crippen LogP contribution in [0.2, 0.25) is 5.02 Å². The molecular formula is C17H16ClF4N3O3S. The van der Waals surface area contributed by atoms with Gasteiger partial charge in [0.1, 0.15) is 16.1 Å². The maximum Gasteiger partial charge on any atom is 0.411 e. The zero-order valence-electron chi connectivity index (χ0n) is 14.8. The Morgan fingerprint density at radius 3 is 2.38 bits per heavy atom. The van der Waals surface area contributed by atoms with E-state index < -0.39 is 40.0 Å². The van der Waals surface area contributed by atoms with E-state index in [1.165, 1.54) is 12.1 Å². The lowest BCUT2D eigenvalue weighted by molar-refractivity contribution is -0.172. The predicted octanol–water partition coefficient (Wildman–Crippen LogP) is 2.53. The van der Waals surface area contributed by atoms with Crippen LogP contribution in [0, 0.1) is 5.82 Å². The largest absolute Gasteiger partial charge is 0.411 e. The van der Waals surface area contributed by atoms with E-state index in [9.17, 15) is 31.9 Å². The average Bonchev–Trinajstić information content (AvgIpc) is 3.31. The Labute approximate surface area is 173 Å². The summed E-state index contributed by atoms with van der Waals surface area (Å²) in [5.74, 6) is -3.81. The molecule has 0 aromatic heterocycles. The third-order valence-corrected chi connectivity index (χ3v) is 5.83. The van der Waals surface area contributed by atoms with E-state index in [2.05, 4.69) is 17.9 Å². The minimum atomic E-state index is -4.64. The minimum Gasteiger partial charge on any atom is -0.334 e. The van der Waals surface area contributed by atoms with E-state index in [4.69, 9.17) is 11.6 Å². The molecule has 1 aliphatic carbocycles. The molecule has 0 spiro atoms. The highest BCUT2D eigenvalue weighted by atomic mass is 35.5. The first kappa shape index (κ1) is 21.7. The number of nitrogens with zero attached hydrogens (tertiary/aromatic N) is 1. The molecule has 1 aromatic rings. The third-order valence-electron chi connectivity index (χ3n) is 4.97. The number of halogens is 5. The first-order chi connectivity index (χ1) is 13.4. The van der Waals surface area contributed by atoms with Gasteiger partial charge in [-0.2, -0.15) is 25.8 Å². The maximum absolute atomic E-state index is 13.2. The van der Waals surface area contributed by atoms with E-state index in [0.29, 0.717) is 0 Å². The fourth-order valence-electron chi connectivity index (χ4n) is 2.99. The Morgan fingerprint density at radius 2 is 1.83 bits per heavy atom. The number of likely N-dealkylation sites (tertiary alicyclic amines) is 1. The van der Waals surface area contributed by atoms with Crippen LogP contribution in [0.3, 0.4) is 0 Å². The van der Waals surface area contributed by atoms with E-state index in [0.717, 1.165) is 11.0 Å². The van der Waals surface area contributed by atoms with Crippen LogP contribution in [-0.2, 0) is 14.4 Å². The predicted molar refractivity (Wildman–Crippen MR) is 99.1 cm³/mol. The molecule has 12 heteroatoms. The summed E-state index contributed by atoms with van der Waals surface area (Å²) in [7, 11) is 0. The van der Waals surface area contributed by atoms with Gasteiger partial charge in [0, 0.05) is 18.8 Å². The summed E-state index contributed by atoms with van der Waals surface area (Å²) in [5, 5.41) is 4.06. The second kappa shape index (κ2) is 7.35. The van der Waals surface area contributed by atoms with Crippen LogP contribution in [0.4, 0.5) is 23.2 Å². The molecule has 1 aromatic carbocycles. The molecule has 6 nitrogen and oxygen atoms in total. The first-order valence-electron chi connectivity index (χ1n) is 8.54. The molecular weight excluding hydrogens is 438 g/mol. The molecule has 1 heterocycles. The van der Waals surface area contributed by atoms with Crippen molar-refractivity contribution in [2.75, 3.05) is 18.4 Å². The topological polar surface area (TPSA) is 78.5 Å². The number of alkyl halides is 3. The van der Waals surface area contributed by atoms with Crippen molar-refractivity contribution in [3.8, 4) is 0 Å². The monoisotopic (exact) mass is 453 g/mol. The van der Waals surface area contributed by atoms with Crippen LogP contribution in [0.5, 0.6) is 0 Å². The standard InChI is InChI=1S/C17H16ClF4N3O3S/c18-10-7-9(1-2-11(10)19)23-14(28)15(29)5-6-25(8-15)13(27)12(26)24-16(3-4-16)17(20,21)22/h1-2,7,29H,3-6,8H2,(H,23,28)(H,24,26). The third kappa shape index (κ3) is 4.30. The average molecular weight is 454 g/mol. The van der Waals surface area contributed by atoms with Crippen molar-refractivity contribution in [3.05, 3.63) is 29.0 Å². The van der Waals surface area contributed by atoms with Crippen LogP contribution in [0.25, 0.3) is 0 Å². The van der Waals surface area contributed by atoms with Crippen LogP contribution in [0.1, 0.15) is 19.3 Å². The van der Waals surface area contributed by atoms with Gasteiger partial charge in [-0.1, -0.05) is 11.6 Å². The zero-order valence-corrected chi connectivity index (χ0v) is 16.4. The summed E-state index contributed by atoms with van der Waals surface area (Å²) in [6, 6.07) is 3.55. The van der Waals surface area contributed by atoms with Gasteiger partial charge < -0.3 is 15.5 Å². The number of nitrogens with one attached hydrogen (secondary N) is 2. The SMILES string of the molecule is O=C(NC1(C(F)(F)F)CC1)C(=O)N1CCC(S)(C(=O)Nc2ccc(F)c(Cl)c2)C1. The quantitative estimate of drug-likeness (QED) is 0.374. The molecule has 0 bridgehead atoms. The van der Waals surface area contributed by atoms with Crippen molar-refractivity contribution in [3.63, 3.8) is 0 Å². The van der Waals surface area contributed by atoms with Gasteiger partial charge in [-0.3, -0.25) is 14.4 Å². The Hall–Kier alpha value is -2.01. The molecule has 1 saturated carbocycles. The smallest absolute Gasteiger partial charge is 0.334 e. The molecule has 1 aliphatic heterocycles. The summed E-state index contributed by atoms with van der Waals surface area (Å²) in [4.78, 5) is 37.8. The molecule has 3 rings (SSSR count). The van der Waals surface area contributed by atoms with Crippen LogP contribution in [0.15, 0.2) is 18.2 Å². The molecule has 1 atom stereocenters. The number of amides is 3. The lowest BCUT2D eigenvalue weighted by Crippen LogP contribution is -2.53. The molecule has 29 heavy (non-hydrogen) atoms. The highest BCUT2D eigenvalue weighted by Gasteiger charge is 2.64. The van der Waals surface area contributed by atoms with Crippen molar-refractivity contribution in [1.29, 1.82) is 0 Å². The van der Waals surface area contributed by atoms with E-state index in [1.54, 1.807) is 5.32 Å². The molecule has 3 amide bonds. The van der Waals surface area contributed by atoms with Gasteiger partial charge in [-0.05, 0) is 37.5 Å². The Kier molecular flexibility index (Phi) is 5.50. The Balaban J connectivity index is 1.62. The summed E-state index contributed by atoms with van der Waals surface area (Å²) >= 11 is 9.95. The van der Waals surface area contributed by atoms with Crippen molar-refractivity contribution in [2.45, 2.75) is 35.7 Å². The molecule has 158 valence electrons. The number of rotatable bonds is 3. The molecule has 2 N–H and O–H groups in total. The molecule has 1 saturated heterocycles. The Morgan fingerprint density at radius 1 is 1.17 bits per heavy atom. The van der Waals surface area contributed by atoms with Gasteiger partial charge in [-0.25, -0.2) is 4.39 Å². The molecule has 0 radical (unpaired) electrons. The highest BCUT2D eigenvalue weighted by Crippen LogP contribution is 2.48. The van der Waals surface area contributed by atoms with Crippen LogP contribution < -0.4 is 10.6 Å². The van der Waals surface area contributed by atoms with Gasteiger partial charge >= 0.3 is 18.0 Å². The van der Waals surface area contributed by atoms with Gasteiger partial charge in [0.25, 0.3) is 0 Å². The van der Waals surface area contributed by atoms with Crippen LogP contribution in [-0.4, -0.2) is 52.2 Å². The number of carbonyl (C=O) groups excluding carboxylic acids is 3. The first-order valence-corrected chi connectivity index (χ1v) is 9.36. The number of carbonyl (C=O) groups is 3. The van der Waals surface area contributed by atoms with Gasteiger partial charge in [0.2, 0.25) is 5.91 Å².